The number of nitrogens with zero attached hydrogens (tertiary/aromatic N) is 3. The Morgan fingerprint density at radius 2 is 1.96 bits per heavy atom. The Bertz CT molecular complexity index is 1110. The van der Waals surface area contributed by atoms with Crippen LogP contribution in [-0.2, 0) is 7.05 Å². The molecule has 6 nitrogen and oxygen atoms in total. The third-order valence-electron chi connectivity index (χ3n) is 3.93. The largest absolute Gasteiger partial charge is 0.340 e. The van der Waals surface area contributed by atoms with Gasteiger partial charge < -0.3 is 10.3 Å². The molecule has 0 unspecified atom stereocenters. The highest BCUT2D eigenvalue weighted by atomic mass is 19.1. The van der Waals surface area contributed by atoms with E-state index in [2.05, 4.69) is 20.4 Å². The lowest BCUT2D eigenvalue weighted by molar-refractivity contribution is 0.628. The molecule has 124 valence electrons. The molecule has 0 amide bonds. The van der Waals surface area contributed by atoms with E-state index in [0.717, 1.165) is 16.5 Å². The minimum Gasteiger partial charge on any atom is -0.340 e. The predicted molar refractivity (Wildman–Crippen MR) is 94.2 cm³/mol. The zero-order chi connectivity index (χ0) is 17.4. The summed E-state index contributed by atoms with van der Waals surface area (Å²) in [5.74, 6) is 0.0873. The zero-order valence-electron chi connectivity index (χ0n) is 13.3. The number of nitrogens with one attached hydrogen (secondary N) is 2. The van der Waals surface area contributed by atoms with Crippen molar-refractivity contribution in [2.75, 3.05) is 5.32 Å². The molecular formula is C18H14FN5O. The number of aryl methyl sites for hydroxylation is 1. The highest BCUT2D eigenvalue weighted by Gasteiger charge is 2.13. The van der Waals surface area contributed by atoms with E-state index in [0.29, 0.717) is 16.9 Å². The predicted octanol–water partition coefficient (Wildman–Crippen LogP) is 3.21. The summed E-state index contributed by atoms with van der Waals surface area (Å²) in [4.78, 5) is 19.5. The molecule has 1 aromatic carbocycles. The molecule has 0 spiro atoms. The number of benzene rings is 1. The zero-order valence-corrected chi connectivity index (χ0v) is 13.3. The van der Waals surface area contributed by atoms with E-state index in [1.807, 2.05) is 19.3 Å². The molecule has 3 aromatic heterocycles. The standard InChI is InChI=1S/C18H14FN5O/c1-24-10-11(8-22-24)15-9-21-17(16-14(15)6-7-20-18(16)25)23-13-4-2-12(19)3-5-13/h2-10H,1H3,(H,20,25)(H,21,23). The Hall–Kier alpha value is -3.48. The van der Waals surface area contributed by atoms with Gasteiger partial charge in [0.25, 0.3) is 5.56 Å². The van der Waals surface area contributed by atoms with Crippen molar-refractivity contribution in [1.29, 1.82) is 0 Å². The van der Waals surface area contributed by atoms with Crippen LogP contribution in [0.5, 0.6) is 0 Å². The van der Waals surface area contributed by atoms with Crippen LogP contribution in [0.15, 0.2) is 59.9 Å². The van der Waals surface area contributed by atoms with E-state index in [1.165, 1.54) is 12.1 Å². The number of fused-ring (bicyclic) bond motifs is 1. The first-order valence-electron chi connectivity index (χ1n) is 7.64. The maximum Gasteiger partial charge on any atom is 0.259 e. The van der Waals surface area contributed by atoms with Crippen LogP contribution in [-0.4, -0.2) is 19.7 Å². The molecule has 0 fully saturated rings. The van der Waals surface area contributed by atoms with Crippen LogP contribution in [0, 0.1) is 5.82 Å². The topological polar surface area (TPSA) is 75.6 Å². The molecule has 0 radical (unpaired) electrons. The van der Waals surface area contributed by atoms with Gasteiger partial charge >= 0.3 is 0 Å². The van der Waals surface area contributed by atoms with E-state index in [-0.39, 0.29) is 11.4 Å². The highest BCUT2D eigenvalue weighted by Crippen LogP contribution is 2.30. The SMILES string of the molecule is Cn1cc(-c2cnc(Nc3ccc(F)cc3)c3c(=O)[nH]ccc23)cn1. The van der Waals surface area contributed by atoms with Crippen LogP contribution in [0.25, 0.3) is 21.9 Å². The van der Waals surface area contributed by atoms with Gasteiger partial charge in [0.2, 0.25) is 0 Å². The van der Waals surface area contributed by atoms with Crippen LogP contribution >= 0.6 is 0 Å². The van der Waals surface area contributed by atoms with Crippen LogP contribution < -0.4 is 10.9 Å². The Morgan fingerprint density at radius 1 is 1.16 bits per heavy atom. The molecule has 7 heteroatoms. The first kappa shape index (κ1) is 15.1. The lowest BCUT2D eigenvalue weighted by Crippen LogP contribution is -2.09. The lowest BCUT2D eigenvalue weighted by Gasteiger charge is -2.11. The fraction of sp³-hybridized carbons (Fsp3) is 0.0556. The van der Waals surface area contributed by atoms with Crippen LogP contribution in [0.1, 0.15) is 0 Å². The first-order valence-corrected chi connectivity index (χ1v) is 7.64. The second kappa shape index (κ2) is 5.86. The number of halogens is 1. The van der Waals surface area contributed by atoms with Crippen molar-refractivity contribution in [3.63, 3.8) is 0 Å². The normalized spacial score (nSPS) is 11.0. The summed E-state index contributed by atoms with van der Waals surface area (Å²) in [6.45, 7) is 0. The van der Waals surface area contributed by atoms with Crippen molar-refractivity contribution in [2.24, 2.45) is 7.05 Å². The lowest BCUT2D eigenvalue weighted by atomic mass is 10.0. The maximum absolute atomic E-state index is 13.1. The summed E-state index contributed by atoms with van der Waals surface area (Å²) < 4.78 is 14.8. The van der Waals surface area contributed by atoms with Gasteiger partial charge in [-0.3, -0.25) is 9.48 Å². The van der Waals surface area contributed by atoms with Gasteiger partial charge in [0.15, 0.2) is 0 Å². The van der Waals surface area contributed by atoms with Gasteiger partial charge in [-0.15, -0.1) is 0 Å². The first-order chi connectivity index (χ1) is 12.1. The van der Waals surface area contributed by atoms with E-state index in [4.69, 9.17) is 0 Å². The number of pyridine rings is 2. The minimum absolute atomic E-state index is 0.250. The fourth-order valence-electron chi connectivity index (χ4n) is 2.76. The molecule has 0 atom stereocenters. The van der Waals surface area contributed by atoms with Gasteiger partial charge in [-0.25, -0.2) is 9.37 Å². The van der Waals surface area contributed by atoms with Crippen LogP contribution in [0.4, 0.5) is 15.9 Å². The molecule has 0 aliphatic carbocycles. The summed E-state index contributed by atoms with van der Waals surface area (Å²) >= 11 is 0. The van der Waals surface area contributed by atoms with Crippen molar-refractivity contribution in [3.05, 3.63) is 71.3 Å². The number of H-pyrrole nitrogens is 1. The van der Waals surface area contributed by atoms with E-state index >= 15 is 0 Å². The van der Waals surface area contributed by atoms with Gasteiger partial charge in [0, 0.05) is 47.8 Å². The van der Waals surface area contributed by atoms with Crippen molar-refractivity contribution in [1.82, 2.24) is 19.7 Å². The summed E-state index contributed by atoms with van der Waals surface area (Å²) in [7, 11) is 1.83. The molecule has 0 saturated carbocycles. The number of anilines is 2. The Kier molecular flexibility index (Phi) is 3.53. The summed E-state index contributed by atoms with van der Waals surface area (Å²) in [5, 5.41) is 8.45. The minimum atomic E-state index is -0.326. The molecular weight excluding hydrogens is 321 g/mol. The number of hydrogen-bond donors (Lipinski definition) is 2. The highest BCUT2D eigenvalue weighted by molar-refractivity contribution is 6.01. The molecule has 3 heterocycles. The Balaban J connectivity index is 1.89. The Morgan fingerprint density at radius 3 is 2.68 bits per heavy atom. The van der Waals surface area contributed by atoms with Crippen LogP contribution in [0.3, 0.4) is 0 Å². The molecule has 0 bridgehead atoms. The van der Waals surface area contributed by atoms with E-state index in [1.54, 1.807) is 35.4 Å². The van der Waals surface area contributed by atoms with Gasteiger partial charge in [-0.1, -0.05) is 0 Å². The number of aromatic nitrogens is 4. The maximum atomic E-state index is 13.1. The molecule has 4 rings (SSSR count). The Labute approximate surface area is 142 Å². The van der Waals surface area contributed by atoms with E-state index in [9.17, 15) is 9.18 Å². The number of hydrogen-bond acceptors (Lipinski definition) is 4. The van der Waals surface area contributed by atoms with Gasteiger partial charge in [0.1, 0.15) is 11.6 Å². The second-order valence-electron chi connectivity index (χ2n) is 5.65. The molecule has 0 aliphatic heterocycles. The second-order valence-corrected chi connectivity index (χ2v) is 5.65. The van der Waals surface area contributed by atoms with Gasteiger partial charge in [-0.05, 0) is 30.3 Å². The number of aromatic amines is 1. The average molecular weight is 335 g/mol. The van der Waals surface area contributed by atoms with Crippen molar-refractivity contribution in [3.8, 4) is 11.1 Å². The molecule has 0 aliphatic rings. The van der Waals surface area contributed by atoms with Crippen molar-refractivity contribution >= 4 is 22.3 Å². The monoisotopic (exact) mass is 335 g/mol. The van der Waals surface area contributed by atoms with E-state index < -0.39 is 0 Å². The average Bonchev–Trinajstić information content (AvgIpc) is 3.03. The van der Waals surface area contributed by atoms with Gasteiger partial charge in [-0.2, -0.15) is 5.10 Å². The third-order valence-corrected chi connectivity index (χ3v) is 3.93. The molecule has 4 aromatic rings. The van der Waals surface area contributed by atoms with Gasteiger partial charge in [0.05, 0.1) is 11.6 Å². The third kappa shape index (κ3) is 2.76. The smallest absolute Gasteiger partial charge is 0.259 e. The molecule has 0 saturated heterocycles. The number of rotatable bonds is 3. The summed E-state index contributed by atoms with van der Waals surface area (Å²) in [5.41, 5.74) is 2.09. The summed E-state index contributed by atoms with van der Waals surface area (Å²) in [6.07, 6.45) is 6.90. The van der Waals surface area contributed by atoms with Crippen molar-refractivity contribution < 1.29 is 4.39 Å². The summed E-state index contributed by atoms with van der Waals surface area (Å²) in [6, 6.07) is 7.71. The van der Waals surface area contributed by atoms with Crippen LogP contribution in [0.2, 0.25) is 0 Å². The molecule has 2 N–H and O–H groups in total. The van der Waals surface area contributed by atoms with Crippen molar-refractivity contribution in [2.45, 2.75) is 0 Å². The quantitative estimate of drug-likeness (QED) is 0.603. The fourth-order valence-corrected chi connectivity index (χ4v) is 2.76. The molecule has 25 heavy (non-hydrogen) atoms.